The maximum atomic E-state index is 13.0. The van der Waals surface area contributed by atoms with E-state index in [4.69, 9.17) is 4.74 Å². The van der Waals surface area contributed by atoms with E-state index in [1.807, 2.05) is 31.2 Å². The van der Waals surface area contributed by atoms with E-state index in [-0.39, 0.29) is 23.8 Å². The van der Waals surface area contributed by atoms with E-state index >= 15 is 0 Å². The van der Waals surface area contributed by atoms with Crippen LogP contribution < -0.4 is 20.9 Å². The van der Waals surface area contributed by atoms with Crippen molar-refractivity contribution in [1.82, 2.24) is 16.2 Å². The molecule has 0 radical (unpaired) electrons. The largest absolute Gasteiger partial charge is 0.494 e. The second kappa shape index (κ2) is 8.09. The van der Waals surface area contributed by atoms with Gasteiger partial charge in [0, 0.05) is 12.6 Å². The molecule has 1 aliphatic heterocycles. The molecule has 2 unspecified atom stereocenters. The number of nitrogens with one attached hydrogen (secondary N) is 3. The lowest BCUT2D eigenvalue weighted by atomic mass is 10.0. The lowest BCUT2D eigenvalue weighted by Gasteiger charge is -2.11. The lowest BCUT2D eigenvalue weighted by Crippen LogP contribution is -2.42. The molecule has 5 nitrogen and oxygen atoms in total. The van der Waals surface area contributed by atoms with Crippen molar-refractivity contribution in [3.63, 3.8) is 0 Å². The van der Waals surface area contributed by atoms with Gasteiger partial charge >= 0.3 is 0 Å². The van der Waals surface area contributed by atoms with Crippen molar-refractivity contribution in [1.29, 1.82) is 0 Å². The second-order valence-electron chi connectivity index (χ2n) is 5.98. The van der Waals surface area contributed by atoms with Crippen LogP contribution in [0, 0.1) is 5.82 Å². The molecule has 1 aliphatic rings. The highest BCUT2D eigenvalue weighted by molar-refractivity contribution is 5.82. The number of carbonyl (C=O) groups excluding carboxylic acids is 1. The van der Waals surface area contributed by atoms with Crippen LogP contribution in [0.25, 0.3) is 0 Å². The maximum absolute atomic E-state index is 13.0. The zero-order valence-corrected chi connectivity index (χ0v) is 14.1. The predicted molar refractivity (Wildman–Crippen MR) is 93.3 cm³/mol. The first-order chi connectivity index (χ1) is 12.2. The van der Waals surface area contributed by atoms with Gasteiger partial charge in [0.1, 0.15) is 17.6 Å². The number of hydrogen-bond acceptors (Lipinski definition) is 4. The van der Waals surface area contributed by atoms with Crippen LogP contribution in [-0.2, 0) is 11.3 Å². The molecule has 25 heavy (non-hydrogen) atoms. The molecule has 0 spiro atoms. The van der Waals surface area contributed by atoms with Gasteiger partial charge in [-0.1, -0.05) is 24.3 Å². The van der Waals surface area contributed by atoms with Crippen LogP contribution in [0.15, 0.2) is 48.5 Å². The first kappa shape index (κ1) is 17.4. The Balaban J connectivity index is 1.52. The molecule has 132 valence electrons. The van der Waals surface area contributed by atoms with E-state index in [0.717, 1.165) is 16.9 Å². The SMILES string of the molecule is CCOc1cccc(CNC(=O)C2CC(c3ccc(F)cc3)NN2)c1. The molecule has 1 fully saturated rings. The van der Waals surface area contributed by atoms with Crippen molar-refractivity contribution in [2.45, 2.75) is 32.0 Å². The van der Waals surface area contributed by atoms with Crippen molar-refractivity contribution in [2.75, 3.05) is 6.61 Å². The Labute approximate surface area is 146 Å². The summed E-state index contributed by atoms with van der Waals surface area (Å²) < 4.78 is 18.5. The van der Waals surface area contributed by atoms with Crippen LogP contribution in [0.4, 0.5) is 4.39 Å². The van der Waals surface area contributed by atoms with Crippen LogP contribution in [0.1, 0.15) is 30.5 Å². The number of hydrogen-bond donors (Lipinski definition) is 3. The third kappa shape index (κ3) is 4.55. The molecule has 0 aromatic heterocycles. The molecule has 6 heteroatoms. The van der Waals surface area contributed by atoms with E-state index in [1.165, 1.54) is 12.1 Å². The molecular weight excluding hydrogens is 321 g/mol. The summed E-state index contributed by atoms with van der Waals surface area (Å²) in [5.74, 6) is 0.462. The molecule has 3 N–H and O–H groups in total. The Kier molecular flexibility index (Phi) is 5.63. The molecule has 3 rings (SSSR count). The molecule has 0 bridgehead atoms. The number of rotatable bonds is 6. The predicted octanol–water partition coefficient (Wildman–Crippen LogP) is 2.45. The van der Waals surface area contributed by atoms with E-state index in [0.29, 0.717) is 19.6 Å². The monoisotopic (exact) mass is 343 g/mol. The Bertz CT molecular complexity index is 721. The van der Waals surface area contributed by atoms with E-state index in [9.17, 15) is 9.18 Å². The van der Waals surface area contributed by atoms with Gasteiger partial charge in [0.2, 0.25) is 5.91 Å². The number of benzene rings is 2. The summed E-state index contributed by atoms with van der Waals surface area (Å²) in [6.45, 7) is 2.99. The maximum Gasteiger partial charge on any atom is 0.238 e. The number of ether oxygens (including phenoxy) is 1. The Morgan fingerprint density at radius 2 is 2.04 bits per heavy atom. The summed E-state index contributed by atoms with van der Waals surface area (Å²) in [4.78, 5) is 12.4. The number of halogens is 1. The Hall–Kier alpha value is -2.44. The van der Waals surface area contributed by atoms with Gasteiger partial charge in [-0.05, 0) is 48.7 Å². The first-order valence-electron chi connectivity index (χ1n) is 8.41. The highest BCUT2D eigenvalue weighted by Gasteiger charge is 2.29. The summed E-state index contributed by atoms with van der Waals surface area (Å²) >= 11 is 0. The van der Waals surface area contributed by atoms with Crippen molar-refractivity contribution in [3.05, 3.63) is 65.5 Å². The van der Waals surface area contributed by atoms with Crippen LogP contribution >= 0.6 is 0 Å². The van der Waals surface area contributed by atoms with Gasteiger partial charge in [0.25, 0.3) is 0 Å². The lowest BCUT2D eigenvalue weighted by molar-refractivity contribution is -0.123. The van der Waals surface area contributed by atoms with Gasteiger partial charge in [-0.15, -0.1) is 0 Å². The summed E-state index contributed by atoms with van der Waals surface area (Å²) in [6, 6.07) is 13.6. The van der Waals surface area contributed by atoms with Gasteiger partial charge in [-0.25, -0.2) is 15.2 Å². The molecule has 2 aromatic rings. The first-order valence-corrected chi connectivity index (χ1v) is 8.41. The fourth-order valence-corrected chi connectivity index (χ4v) is 2.87. The molecule has 1 heterocycles. The van der Waals surface area contributed by atoms with Gasteiger partial charge in [-0.3, -0.25) is 4.79 Å². The van der Waals surface area contributed by atoms with Crippen molar-refractivity contribution in [3.8, 4) is 5.75 Å². The number of hydrazine groups is 1. The van der Waals surface area contributed by atoms with Crippen molar-refractivity contribution in [2.24, 2.45) is 0 Å². The van der Waals surface area contributed by atoms with Gasteiger partial charge in [-0.2, -0.15) is 0 Å². The zero-order valence-electron chi connectivity index (χ0n) is 14.1. The fraction of sp³-hybridized carbons (Fsp3) is 0.316. The smallest absolute Gasteiger partial charge is 0.238 e. The minimum atomic E-state index is -0.329. The summed E-state index contributed by atoms with van der Waals surface area (Å²) in [6.07, 6.45) is 0.608. The highest BCUT2D eigenvalue weighted by Crippen LogP contribution is 2.22. The highest BCUT2D eigenvalue weighted by atomic mass is 19.1. The second-order valence-corrected chi connectivity index (χ2v) is 5.98. The average Bonchev–Trinajstić information content (AvgIpc) is 3.11. The molecule has 2 atom stereocenters. The van der Waals surface area contributed by atoms with Crippen molar-refractivity contribution >= 4 is 5.91 Å². The average molecular weight is 343 g/mol. The third-order valence-corrected chi connectivity index (χ3v) is 4.17. The van der Waals surface area contributed by atoms with E-state index < -0.39 is 0 Å². The van der Waals surface area contributed by atoms with Gasteiger partial charge < -0.3 is 10.1 Å². The number of amides is 1. The summed E-state index contributed by atoms with van der Waals surface area (Å²) in [5.41, 5.74) is 8.04. The summed E-state index contributed by atoms with van der Waals surface area (Å²) in [7, 11) is 0. The zero-order chi connectivity index (χ0) is 17.6. The topological polar surface area (TPSA) is 62.4 Å². The minimum Gasteiger partial charge on any atom is -0.494 e. The van der Waals surface area contributed by atoms with Crippen LogP contribution in [0.5, 0.6) is 5.75 Å². The molecule has 1 saturated heterocycles. The molecule has 0 saturated carbocycles. The van der Waals surface area contributed by atoms with E-state index in [2.05, 4.69) is 16.2 Å². The van der Waals surface area contributed by atoms with E-state index in [1.54, 1.807) is 12.1 Å². The third-order valence-electron chi connectivity index (χ3n) is 4.17. The Morgan fingerprint density at radius 3 is 2.80 bits per heavy atom. The minimum absolute atomic E-state index is 0.0161. The standard InChI is InChI=1S/C19H22FN3O2/c1-2-25-16-5-3-4-13(10-16)12-21-19(24)18-11-17(22-23-18)14-6-8-15(20)9-7-14/h3-10,17-18,22-23H,2,11-12H2,1H3,(H,21,24). The molecule has 2 aromatic carbocycles. The molecule has 0 aliphatic carbocycles. The van der Waals surface area contributed by atoms with Crippen LogP contribution in [0.3, 0.4) is 0 Å². The molecule has 1 amide bonds. The Morgan fingerprint density at radius 1 is 1.24 bits per heavy atom. The normalized spacial score (nSPS) is 19.6. The fourth-order valence-electron chi connectivity index (χ4n) is 2.87. The van der Waals surface area contributed by atoms with Gasteiger partial charge in [0.05, 0.1) is 6.61 Å². The quantitative estimate of drug-likeness (QED) is 0.754. The van der Waals surface area contributed by atoms with Gasteiger partial charge in [0.15, 0.2) is 0 Å². The van der Waals surface area contributed by atoms with Crippen molar-refractivity contribution < 1.29 is 13.9 Å². The summed E-state index contributed by atoms with van der Waals surface area (Å²) in [5, 5.41) is 2.93. The van der Waals surface area contributed by atoms with Crippen LogP contribution in [0.2, 0.25) is 0 Å². The number of carbonyl (C=O) groups is 1. The molecular formula is C19H22FN3O2. The van der Waals surface area contributed by atoms with Crippen LogP contribution in [-0.4, -0.2) is 18.6 Å².